The standard InChI is InChI=1S/C19H18N2O2/c1-11-6-8-12(9-7-11)17-18-14(10-16(21-17)19(22)23)13-4-2-3-5-15(13)20-18/h2-9,16-17,20-21H,10H2,1H3,(H,22,23)/t16-,17?/m0/s1. The second-order valence-electron chi connectivity index (χ2n) is 6.17. The van der Waals surface area contributed by atoms with Crippen LogP contribution < -0.4 is 5.32 Å². The molecular formula is C19H18N2O2. The average molecular weight is 306 g/mol. The van der Waals surface area contributed by atoms with E-state index in [0.29, 0.717) is 6.42 Å². The molecule has 0 amide bonds. The van der Waals surface area contributed by atoms with Crippen LogP contribution in [0.2, 0.25) is 0 Å². The van der Waals surface area contributed by atoms with E-state index >= 15 is 0 Å². The Kier molecular flexibility index (Phi) is 3.20. The Morgan fingerprint density at radius 1 is 1.13 bits per heavy atom. The van der Waals surface area contributed by atoms with Crippen LogP contribution in [-0.2, 0) is 11.2 Å². The molecule has 0 saturated heterocycles. The zero-order chi connectivity index (χ0) is 16.0. The second-order valence-corrected chi connectivity index (χ2v) is 6.17. The highest BCUT2D eigenvalue weighted by molar-refractivity contribution is 5.87. The van der Waals surface area contributed by atoms with Gasteiger partial charge in [0.2, 0.25) is 0 Å². The Labute approximate surface area is 134 Å². The molecule has 1 aliphatic heterocycles. The fraction of sp³-hybridized carbons (Fsp3) is 0.211. The summed E-state index contributed by atoms with van der Waals surface area (Å²) in [6.07, 6.45) is 0.497. The number of carbonyl (C=O) groups is 1. The highest BCUT2D eigenvalue weighted by atomic mass is 16.4. The average Bonchev–Trinajstić information content (AvgIpc) is 2.93. The van der Waals surface area contributed by atoms with Crippen LogP contribution in [0.5, 0.6) is 0 Å². The van der Waals surface area contributed by atoms with Gasteiger partial charge in [-0.2, -0.15) is 0 Å². The van der Waals surface area contributed by atoms with Crippen molar-refractivity contribution in [1.82, 2.24) is 10.3 Å². The van der Waals surface area contributed by atoms with Crippen LogP contribution in [0, 0.1) is 6.92 Å². The van der Waals surface area contributed by atoms with Crippen molar-refractivity contribution < 1.29 is 9.90 Å². The molecule has 2 atom stereocenters. The van der Waals surface area contributed by atoms with Gasteiger partial charge in [0, 0.05) is 23.0 Å². The smallest absolute Gasteiger partial charge is 0.321 e. The zero-order valence-corrected chi connectivity index (χ0v) is 12.8. The van der Waals surface area contributed by atoms with Crippen molar-refractivity contribution in [2.75, 3.05) is 0 Å². The summed E-state index contributed by atoms with van der Waals surface area (Å²) in [5.74, 6) is -0.807. The number of hydrogen-bond donors (Lipinski definition) is 3. The number of aliphatic carboxylic acids is 1. The normalized spacial score (nSPS) is 20.4. The molecule has 116 valence electrons. The molecule has 23 heavy (non-hydrogen) atoms. The van der Waals surface area contributed by atoms with Gasteiger partial charge in [-0.15, -0.1) is 0 Å². The monoisotopic (exact) mass is 306 g/mol. The number of fused-ring (bicyclic) bond motifs is 3. The molecule has 1 aromatic heterocycles. The van der Waals surface area contributed by atoms with E-state index in [4.69, 9.17) is 0 Å². The topological polar surface area (TPSA) is 65.1 Å². The van der Waals surface area contributed by atoms with Gasteiger partial charge >= 0.3 is 5.97 Å². The first kappa shape index (κ1) is 14.0. The fourth-order valence-corrected chi connectivity index (χ4v) is 3.42. The molecule has 0 fully saturated rings. The lowest BCUT2D eigenvalue weighted by Crippen LogP contribution is -2.44. The van der Waals surface area contributed by atoms with Gasteiger partial charge in [-0.25, -0.2) is 0 Å². The number of para-hydroxylation sites is 1. The molecule has 2 heterocycles. The Hall–Kier alpha value is -2.59. The minimum Gasteiger partial charge on any atom is -0.480 e. The van der Waals surface area contributed by atoms with E-state index in [9.17, 15) is 9.90 Å². The summed E-state index contributed by atoms with van der Waals surface area (Å²) >= 11 is 0. The van der Waals surface area contributed by atoms with E-state index in [2.05, 4.69) is 40.6 Å². The Bertz CT molecular complexity index is 880. The summed E-state index contributed by atoms with van der Waals surface area (Å²) in [6.45, 7) is 2.05. The summed E-state index contributed by atoms with van der Waals surface area (Å²) in [7, 11) is 0. The van der Waals surface area contributed by atoms with Crippen molar-refractivity contribution in [1.29, 1.82) is 0 Å². The van der Waals surface area contributed by atoms with Crippen molar-refractivity contribution in [3.05, 3.63) is 70.9 Å². The molecule has 0 bridgehead atoms. The van der Waals surface area contributed by atoms with Crippen LogP contribution in [0.4, 0.5) is 0 Å². The molecule has 4 rings (SSSR count). The van der Waals surface area contributed by atoms with E-state index in [1.807, 2.05) is 25.1 Å². The summed E-state index contributed by atoms with van der Waals surface area (Å²) in [4.78, 5) is 15.1. The number of hydrogen-bond acceptors (Lipinski definition) is 2. The molecular weight excluding hydrogens is 288 g/mol. The van der Waals surface area contributed by atoms with Crippen LogP contribution in [-0.4, -0.2) is 22.1 Å². The number of carboxylic acids is 1. The summed E-state index contributed by atoms with van der Waals surface area (Å²) in [5, 5.41) is 13.9. The first-order chi connectivity index (χ1) is 11.1. The lowest BCUT2D eigenvalue weighted by molar-refractivity contribution is -0.139. The van der Waals surface area contributed by atoms with E-state index in [1.165, 1.54) is 5.56 Å². The molecule has 1 aliphatic rings. The maximum atomic E-state index is 11.6. The van der Waals surface area contributed by atoms with Gasteiger partial charge in [-0.3, -0.25) is 10.1 Å². The molecule has 2 aromatic carbocycles. The maximum Gasteiger partial charge on any atom is 0.321 e. The predicted octanol–water partition coefficient (Wildman–Crippen LogP) is 3.16. The summed E-state index contributed by atoms with van der Waals surface area (Å²) in [5.41, 5.74) is 5.51. The third-order valence-corrected chi connectivity index (χ3v) is 4.62. The van der Waals surface area contributed by atoms with Crippen molar-refractivity contribution in [3.63, 3.8) is 0 Å². The lowest BCUT2D eigenvalue weighted by atomic mass is 9.90. The lowest BCUT2D eigenvalue weighted by Gasteiger charge is -2.29. The van der Waals surface area contributed by atoms with Gasteiger partial charge in [0.25, 0.3) is 0 Å². The number of rotatable bonds is 2. The van der Waals surface area contributed by atoms with Crippen LogP contribution in [0.1, 0.15) is 28.4 Å². The maximum absolute atomic E-state index is 11.6. The predicted molar refractivity (Wildman–Crippen MR) is 89.6 cm³/mol. The number of aromatic nitrogens is 1. The molecule has 0 radical (unpaired) electrons. The van der Waals surface area contributed by atoms with Crippen LogP contribution >= 0.6 is 0 Å². The Morgan fingerprint density at radius 3 is 2.61 bits per heavy atom. The first-order valence-corrected chi connectivity index (χ1v) is 7.78. The van der Waals surface area contributed by atoms with Gasteiger partial charge in [0.15, 0.2) is 0 Å². The number of nitrogens with one attached hydrogen (secondary N) is 2. The summed E-state index contributed by atoms with van der Waals surface area (Å²) < 4.78 is 0. The minimum absolute atomic E-state index is 0.132. The minimum atomic E-state index is -0.807. The van der Waals surface area contributed by atoms with Crippen molar-refractivity contribution in [3.8, 4) is 0 Å². The molecule has 0 saturated carbocycles. The van der Waals surface area contributed by atoms with E-state index in [1.54, 1.807) is 0 Å². The van der Waals surface area contributed by atoms with E-state index in [0.717, 1.165) is 27.7 Å². The number of H-pyrrole nitrogens is 1. The molecule has 4 heteroatoms. The molecule has 3 N–H and O–H groups in total. The number of aryl methyl sites for hydroxylation is 1. The SMILES string of the molecule is Cc1ccc(C2N[C@H](C(=O)O)Cc3c2[nH]c2ccccc32)cc1. The van der Waals surface area contributed by atoms with Crippen molar-refractivity contribution >= 4 is 16.9 Å². The quantitative estimate of drug-likeness (QED) is 0.681. The highest BCUT2D eigenvalue weighted by Gasteiger charge is 2.33. The largest absolute Gasteiger partial charge is 0.480 e. The van der Waals surface area contributed by atoms with Gasteiger partial charge in [-0.05, 0) is 24.1 Å². The number of benzene rings is 2. The van der Waals surface area contributed by atoms with E-state index in [-0.39, 0.29) is 6.04 Å². The first-order valence-electron chi connectivity index (χ1n) is 7.78. The number of aromatic amines is 1. The van der Waals surface area contributed by atoms with Crippen molar-refractivity contribution in [2.45, 2.75) is 25.4 Å². The van der Waals surface area contributed by atoms with Crippen LogP contribution in [0.15, 0.2) is 48.5 Å². The third-order valence-electron chi connectivity index (χ3n) is 4.62. The fourth-order valence-electron chi connectivity index (χ4n) is 3.42. The van der Waals surface area contributed by atoms with Gasteiger partial charge in [0.1, 0.15) is 6.04 Å². The highest BCUT2D eigenvalue weighted by Crippen LogP contribution is 2.35. The van der Waals surface area contributed by atoms with Gasteiger partial charge < -0.3 is 10.1 Å². The Balaban J connectivity index is 1.89. The molecule has 0 aliphatic carbocycles. The van der Waals surface area contributed by atoms with Crippen LogP contribution in [0.3, 0.4) is 0 Å². The van der Waals surface area contributed by atoms with Crippen LogP contribution in [0.25, 0.3) is 10.9 Å². The van der Waals surface area contributed by atoms with Gasteiger partial charge in [0.05, 0.1) is 6.04 Å². The molecule has 0 spiro atoms. The summed E-state index contributed by atoms with van der Waals surface area (Å²) in [6, 6.07) is 15.6. The van der Waals surface area contributed by atoms with Crippen molar-refractivity contribution in [2.24, 2.45) is 0 Å². The Morgan fingerprint density at radius 2 is 1.87 bits per heavy atom. The van der Waals surface area contributed by atoms with E-state index < -0.39 is 12.0 Å². The van der Waals surface area contributed by atoms with Gasteiger partial charge in [-0.1, -0.05) is 48.0 Å². The molecule has 4 nitrogen and oxygen atoms in total. The zero-order valence-electron chi connectivity index (χ0n) is 12.8. The third kappa shape index (κ3) is 2.32. The molecule has 3 aromatic rings. The number of carboxylic acid groups (broad SMARTS) is 1. The molecule has 1 unspecified atom stereocenters. The second kappa shape index (κ2) is 5.25.